The van der Waals surface area contributed by atoms with Gasteiger partial charge in [0.05, 0.1) is 20.3 Å². The Bertz CT molecular complexity index is 1360. The lowest BCUT2D eigenvalue weighted by molar-refractivity contribution is -0.150. The zero-order valence-corrected chi connectivity index (χ0v) is 21.9. The number of benzene rings is 2. The number of nitrogens with zero attached hydrogens (tertiary/aromatic N) is 3. The zero-order chi connectivity index (χ0) is 27.0. The lowest BCUT2D eigenvalue weighted by atomic mass is 9.99. The summed E-state index contributed by atoms with van der Waals surface area (Å²) in [4.78, 5) is 57.4. The van der Waals surface area contributed by atoms with Crippen LogP contribution in [0, 0.1) is 0 Å². The number of nitrogens with one attached hydrogen (secondary N) is 1. The van der Waals surface area contributed by atoms with Gasteiger partial charge in [0.15, 0.2) is 12.2 Å². The minimum atomic E-state index is -1.77. The Balaban J connectivity index is 0.00000353. The minimum absolute atomic E-state index is 0. The molecule has 0 aromatic heterocycles. The number of halogens is 1. The molecule has 0 spiro atoms. The normalized spacial score (nSPS) is 18.9. The molecule has 0 saturated carbocycles. The molecular formula is C26H28ClN5O7. The molecule has 3 aliphatic rings. The number of aliphatic hydroxyl groups excluding tert-OH is 1. The van der Waals surface area contributed by atoms with Gasteiger partial charge in [-0.25, -0.2) is 0 Å². The van der Waals surface area contributed by atoms with Gasteiger partial charge in [-0.05, 0) is 47.9 Å². The molecule has 4 N–H and O–H groups in total. The molecule has 0 bridgehead atoms. The van der Waals surface area contributed by atoms with Crippen molar-refractivity contribution in [3.8, 4) is 0 Å². The molecule has 0 aliphatic carbocycles. The molecule has 3 heterocycles. The van der Waals surface area contributed by atoms with E-state index in [-0.39, 0.29) is 44.4 Å². The van der Waals surface area contributed by atoms with Crippen molar-refractivity contribution in [1.29, 1.82) is 0 Å². The van der Waals surface area contributed by atoms with Crippen LogP contribution in [0.2, 0.25) is 0 Å². The molecule has 5 rings (SSSR count). The van der Waals surface area contributed by atoms with Gasteiger partial charge in [0.25, 0.3) is 11.8 Å². The number of aryl methyl sites for hydroxylation is 1. The highest BCUT2D eigenvalue weighted by Gasteiger charge is 2.40. The molecule has 3 amide bonds. The first kappa shape index (κ1) is 28.0. The number of amidine groups is 1. The molecule has 1 saturated heterocycles. The van der Waals surface area contributed by atoms with Crippen molar-refractivity contribution >= 4 is 59.0 Å². The van der Waals surface area contributed by atoms with Crippen molar-refractivity contribution < 1.29 is 33.8 Å². The number of ether oxygens (including phenoxy) is 2. The van der Waals surface area contributed by atoms with E-state index in [9.17, 15) is 24.3 Å². The van der Waals surface area contributed by atoms with Crippen molar-refractivity contribution in [3.63, 3.8) is 0 Å². The second kappa shape index (κ2) is 11.4. The number of amides is 3. The van der Waals surface area contributed by atoms with E-state index in [1.807, 2.05) is 0 Å². The Morgan fingerprint density at radius 2 is 2.00 bits per heavy atom. The van der Waals surface area contributed by atoms with Gasteiger partial charge in [-0.2, -0.15) is 0 Å². The largest absolute Gasteiger partial charge is 0.468 e. The molecule has 1 fully saturated rings. The lowest BCUT2D eigenvalue weighted by Crippen LogP contribution is -2.55. The number of aliphatic hydroxyl groups is 1. The number of carbonyl (C=O) groups excluding carboxylic acids is 4. The quantitative estimate of drug-likeness (QED) is 0.432. The Morgan fingerprint density at radius 1 is 1.21 bits per heavy atom. The van der Waals surface area contributed by atoms with Crippen molar-refractivity contribution in [1.82, 2.24) is 0 Å². The summed E-state index contributed by atoms with van der Waals surface area (Å²) in [7, 11) is 1.25. The van der Waals surface area contributed by atoms with Gasteiger partial charge in [-0.3, -0.25) is 24.2 Å². The van der Waals surface area contributed by atoms with Gasteiger partial charge < -0.3 is 35.4 Å². The van der Waals surface area contributed by atoms with E-state index < -0.39 is 30.0 Å². The van der Waals surface area contributed by atoms with Crippen LogP contribution in [0.4, 0.5) is 17.1 Å². The van der Waals surface area contributed by atoms with Crippen LogP contribution in [-0.2, 0) is 41.6 Å². The van der Waals surface area contributed by atoms with E-state index in [2.05, 4.69) is 10.3 Å². The zero-order valence-electron chi connectivity index (χ0n) is 21.1. The predicted molar refractivity (Wildman–Crippen MR) is 144 cm³/mol. The number of carbonyl (C=O) groups is 4. The topological polar surface area (TPSA) is 164 Å². The van der Waals surface area contributed by atoms with Gasteiger partial charge in [0, 0.05) is 35.6 Å². The summed E-state index contributed by atoms with van der Waals surface area (Å²) in [6, 6.07) is 10.3. The summed E-state index contributed by atoms with van der Waals surface area (Å²) in [6.07, 6.45) is -2.43. The number of esters is 1. The van der Waals surface area contributed by atoms with Crippen LogP contribution in [0.25, 0.3) is 0 Å². The van der Waals surface area contributed by atoms with Gasteiger partial charge >= 0.3 is 5.97 Å². The number of aliphatic imine (C=N–C) groups is 1. The fourth-order valence-corrected chi connectivity index (χ4v) is 4.81. The third kappa shape index (κ3) is 5.44. The van der Waals surface area contributed by atoms with E-state index in [0.29, 0.717) is 35.9 Å². The fraction of sp³-hybridized carbons (Fsp3) is 0.346. The monoisotopic (exact) mass is 557 g/mol. The average Bonchev–Trinajstić information content (AvgIpc) is 3.29. The number of hydrogen-bond acceptors (Lipinski definition) is 9. The maximum Gasteiger partial charge on any atom is 0.325 e. The highest BCUT2D eigenvalue weighted by atomic mass is 35.5. The van der Waals surface area contributed by atoms with Crippen LogP contribution in [0.5, 0.6) is 0 Å². The van der Waals surface area contributed by atoms with Crippen LogP contribution in [0.1, 0.15) is 23.1 Å². The number of rotatable bonds is 6. The molecule has 206 valence electrons. The molecule has 13 heteroatoms. The Morgan fingerprint density at radius 3 is 2.77 bits per heavy atom. The molecule has 3 aliphatic heterocycles. The van der Waals surface area contributed by atoms with Gasteiger partial charge in [0.1, 0.15) is 12.4 Å². The van der Waals surface area contributed by atoms with E-state index in [1.54, 1.807) is 36.4 Å². The van der Waals surface area contributed by atoms with Crippen molar-refractivity contribution in [2.75, 3.05) is 41.9 Å². The molecule has 0 unspecified atom stereocenters. The van der Waals surface area contributed by atoms with Crippen molar-refractivity contribution in [3.05, 3.63) is 53.1 Å². The van der Waals surface area contributed by atoms with Crippen molar-refractivity contribution in [2.24, 2.45) is 10.7 Å². The highest BCUT2D eigenvalue weighted by molar-refractivity contribution is 6.06. The lowest BCUT2D eigenvalue weighted by Gasteiger charge is -2.35. The fourth-order valence-electron chi connectivity index (χ4n) is 4.81. The Kier molecular flexibility index (Phi) is 8.19. The average molecular weight is 558 g/mol. The summed E-state index contributed by atoms with van der Waals surface area (Å²) in [5.74, 6) is -1.75. The van der Waals surface area contributed by atoms with Crippen LogP contribution < -0.4 is 20.9 Å². The van der Waals surface area contributed by atoms with Gasteiger partial charge in [-0.15, -0.1) is 12.4 Å². The third-order valence-corrected chi connectivity index (χ3v) is 6.84. The van der Waals surface area contributed by atoms with E-state index >= 15 is 0 Å². The SMILES string of the molecule is COC(=O)CN1C(=O)CCc2ccc(N3CCO[C@H]([C@@H](O)C(=O)Nc4ccc5c(c4)CN=C5N)C3=O)cc21.Cl. The molecule has 39 heavy (non-hydrogen) atoms. The molecule has 0 radical (unpaired) electrons. The standard InChI is InChI=1S/C26H27N5O7.ClH/c1-37-21(33)13-31-19-11-17(5-2-14(19)3-7-20(31)32)30-8-9-38-23(26(30)36)22(34)25(35)29-16-4-6-18-15(10-16)12-28-24(18)27;/h2,4-6,10-11,22-23,34H,3,7-9,12-13H2,1H3,(H2,27,28)(H,29,35);1H/t22-,23-;/m1./s1. The highest BCUT2D eigenvalue weighted by Crippen LogP contribution is 2.33. The number of nitrogens with two attached hydrogens (primary N) is 1. The van der Waals surface area contributed by atoms with Crippen LogP contribution in [0.3, 0.4) is 0 Å². The summed E-state index contributed by atoms with van der Waals surface area (Å²) >= 11 is 0. The predicted octanol–water partition coefficient (Wildman–Crippen LogP) is 0.511. The first-order chi connectivity index (χ1) is 18.3. The molecule has 2 aromatic carbocycles. The second-order valence-electron chi connectivity index (χ2n) is 9.16. The molecular weight excluding hydrogens is 530 g/mol. The van der Waals surface area contributed by atoms with E-state index in [1.165, 1.54) is 16.9 Å². The summed E-state index contributed by atoms with van der Waals surface area (Å²) < 4.78 is 10.2. The molecule has 2 aromatic rings. The number of hydrogen-bond donors (Lipinski definition) is 3. The first-order valence-corrected chi connectivity index (χ1v) is 12.1. The van der Waals surface area contributed by atoms with Crippen LogP contribution in [-0.4, -0.2) is 73.6 Å². The maximum absolute atomic E-state index is 13.3. The smallest absolute Gasteiger partial charge is 0.325 e. The molecule has 2 atom stereocenters. The van der Waals surface area contributed by atoms with Gasteiger partial charge in [0.2, 0.25) is 5.91 Å². The third-order valence-electron chi connectivity index (χ3n) is 6.84. The van der Waals surface area contributed by atoms with Gasteiger partial charge in [-0.1, -0.05) is 6.07 Å². The first-order valence-electron chi connectivity index (χ1n) is 12.1. The number of methoxy groups -OCH3 is 1. The summed E-state index contributed by atoms with van der Waals surface area (Å²) in [6.45, 7) is 0.416. The Hall–Kier alpha value is -4.00. The van der Waals surface area contributed by atoms with Crippen LogP contribution in [0.15, 0.2) is 41.4 Å². The number of morpholine rings is 1. The number of anilines is 3. The van der Waals surface area contributed by atoms with E-state index in [0.717, 1.165) is 16.7 Å². The summed E-state index contributed by atoms with van der Waals surface area (Å²) in [5.41, 5.74) is 9.72. The maximum atomic E-state index is 13.3. The molecule has 12 nitrogen and oxygen atoms in total. The minimum Gasteiger partial charge on any atom is -0.468 e. The number of fused-ring (bicyclic) bond motifs is 2. The Labute approximate surface area is 230 Å². The van der Waals surface area contributed by atoms with Crippen LogP contribution >= 0.6 is 12.4 Å². The second-order valence-corrected chi connectivity index (χ2v) is 9.16. The summed E-state index contributed by atoms with van der Waals surface area (Å²) in [5, 5.41) is 13.4. The van der Waals surface area contributed by atoms with E-state index in [4.69, 9.17) is 15.2 Å². The van der Waals surface area contributed by atoms with Crippen molar-refractivity contribution in [2.45, 2.75) is 31.6 Å².